The summed E-state index contributed by atoms with van der Waals surface area (Å²) in [6.07, 6.45) is 4.54. The molecule has 2 heterocycles. The standard InChI is InChI=1S/C24H20N2O3/c1-28-20-14-26-15-21-22(20)23(27)12-11-19(17-5-3-2-4-6-17)24(23,29-21)18-9-7-16(13-25)8-10-18/h2-10,14-15,19,27H,11-12H2,1H3/t19-,23?,24?/m0/s1. The summed E-state index contributed by atoms with van der Waals surface area (Å²) in [5, 5.41) is 21.4. The van der Waals surface area contributed by atoms with E-state index in [4.69, 9.17) is 9.47 Å². The van der Waals surface area contributed by atoms with Crippen LogP contribution in [0.2, 0.25) is 0 Å². The van der Waals surface area contributed by atoms with Gasteiger partial charge in [-0.2, -0.15) is 5.26 Å². The molecule has 0 radical (unpaired) electrons. The minimum Gasteiger partial charge on any atom is -0.495 e. The topological polar surface area (TPSA) is 75.4 Å². The van der Waals surface area contributed by atoms with Gasteiger partial charge in [0.15, 0.2) is 5.60 Å². The molecule has 0 spiro atoms. The number of aromatic nitrogens is 1. The van der Waals surface area contributed by atoms with Crippen LogP contribution in [0.3, 0.4) is 0 Å². The van der Waals surface area contributed by atoms with Crippen LogP contribution in [-0.2, 0) is 11.2 Å². The smallest absolute Gasteiger partial charge is 0.174 e. The molecule has 0 bridgehead atoms. The Labute approximate surface area is 169 Å². The predicted molar refractivity (Wildman–Crippen MR) is 107 cm³/mol. The highest BCUT2D eigenvalue weighted by Crippen LogP contribution is 2.67. The van der Waals surface area contributed by atoms with Crippen LogP contribution < -0.4 is 9.47 Å². The normalized spacial score (nSPS) is 26.9. The maximum atomic E-state index is 12.2. The van der Waals surface area contributed by atoms with Gasteiger partial charge in [0.25, 0.3) is 0 Å². The molecule has 144 valence electrons. The molecule has 5 heteroatoms. The van der Waals surface area contributed by atoms with Gasteiger partial charge in [-0.15, -0.1) is 0 Å². The lowest BCUT2D eigenvalue weighted by Gasteiger charge is -2.40. The quantitative estimate of drug-likeness (QED) is 0.738. The van der Waals surface area contributed by atoms with Crippen molar-refractivity contribution >= 4 is 0 Å². The molecule has 1 aliphatic carbocycles. The van der Waals surface area contributed by atoms with E-state index in [1.54, 1.807) is 31.6 Å². The van der Waals surface area contributed by atoms with Crippen molar-refractivity contribution in [3.63, 3.8) is 0 Å². The van der Waals surface area contributed by atoms with E-state index in [0.717, 1.165) is 17.5 Å². The molecule has 5 rings (SSSR count). The summed E-state index contributed by atoms with van der Waals surface area (Å²) >= 11 is 0. The third kappa shape index (κ3) is 2.27. The van der Waals surface area contributed by atoms with Gasteiger partial charge in [-0.3, -0.25) is 4.98 Å². The molecule has 1 N–H and O–H groups in total. The van der Waals surface area contributed by atoms with Crippen LogP contribution in [0.25, 0.3) is 0 Å². The van der Waals surface area contributed by atoms with Crippen molar-refractivity contribution in [1.82, 2.24) is 4.98 Å². The molecule has 3 atom stereocenters. The molecule has 5 nitrogen and oxygen atoms in total. The number of benzene rings is 2. The van der Waals surface area contributed by atoms with Crippen LogP contribution in [0, 0.1) is 11.3 Å². The fourth-order valence-corrected chi connectivity index (χ4v) is 5.11. The number of pyridine rings is 1. The van der Waals surface area contributed by atoms with E-state index in [2.05, 4.69) is 23.2 Å². The van der Waals surface area contributed by atoms with Crippen LogP contribution in [0.1, 0.15) is 41.0 Å². The highest BCUT2D eigenvalue weighted by Gasteiger charge is 2.69. The number of aliphatic hydroxyl groups is 1. The van der Waals surface area contributed by atoms with Crippen molar-refractivity contribution in [1.29, 1.82) is 5.26 Å². The number of rotatable bonds is 3. The maximum absolute atomic E-state index is 12.2. The maximum Gasteiger partial charge on any atom is 0.174 e. The Bertz CT molecular complexity index is 1110. The number of methoxy groups -OCH3 is 1. The second-order valence-corrected chi connectivity index (χ2v) is 7.60. The van der Waals surface area contributed by atoms with E-state index in [1.165, 1.54) is 0 Å². The van der Waals surface area contributed by atoms with Gasteiger partial charge in [0.1, 0.15) is 17.1 Å². The van der Waals surface area contributed by atoms with Crippen molar-refractivity contribution in [3.05, 3.63) is 89.2 Å². The first-order valence-electron chi connectivity index (χ1n) is 9.63. The third-order valence-corrected chi connectivity index (χ3v) is 6.33. The molecule has 2 aromatic carbocycles. The molecule has 3 aromatic rings. The van der Waals surface area contributed by atoms with E-state index in [-0.39, 0.29) is 5.92 Å². The first-order valence-corrected chi connectivity index (χ1v) is 9.63. The Morgan fingerprint density at radius 3 is 2.59 bits per heavy atom. The Morgan fingerprint density at radius 1 is 1.14 bits per heavy atom. The minimum absolute atomic E-state index is 0.0706. The number of ether oxygens (including phenoxy) is 2. The zero-order valence-corrected chi connectivity index (χ0v) is 16.0. The molecule has 2 unspecified atom stereocenters. The number of hydrogen-bond acceptors (Lipinski definition) is 5. The zero-order chi connectivity index (χ0) is 20.1. The molecule has 1 fully saturated rings. The zero-order valence-electron chi connectivity index (χ0n) is 16.0. The third-order valence-electron chi connectivity index (χ3n) is 6.33. The van der Waals surface area contributed by atoms with Crippen molar-refractivity contribution in [2.24, 2.45) is 0 Å². The largest absolute Gasteiger partial charge is 0.495 e. The Hall–Kier alpha value is -3.36. The molecule has 2 aliphatic rings. The fourth-order valence-electron chi connectivity index (χ4n) is 5.11. The second kappa shape index (κ2) is 6.33. The van der Waals surface area contributed by atoms with Crippen molar-refractivity contribution in [3.8, 4) is 17.6 Å². The molecule has 1 aliphatic heterocycles. The first kappa shape index (κ1) is 17.7. The SMILES string of the molecule is COc1cncc2c1C1(O)CC[C@@H](c3ccccc3)C1(c1ccc(C#N)cc1)O2. The molecular formula is C24H20N2O3. The van der Waals surface area contributed by atoms with Crippen molar-refractivity contribution in [2.75, 3.05) is 7.11 Å². The van der Waals surface area contributed by atoms with Crippen molar-refractivity contribution in [2.45, 2.75) is 30.0 Å². The van der Waals surface area contributed by atoms with E-state index < -0.39 is 11.2 Å². The number of fused-ring (bicyclic) bond motifs is 3. The molecule has 0 saturated heterocycles. The summed E-state index contributed by atoms with van der Waals surface area (Å²) in [5.41, 5.74) is 0.860. The summed E-state index contributed by atoms with van der Waals surface area (Å²) in [4.78, 5) is 4.23. The van der Waals surface area contributed by atoms with Crippen LogP contribution in [0.4, 0.5) is 0 Å². The molecule has 1 saturated carbocycles. The van der Waals surface area contributed by atoms with Crippen LogP contribution in [0.15, 0.2) is 67.0 Å². The van der Waals surface area contributed by atoms with E-state index in [9.17, 15) is 10.4 Å². The first-order chi connectivity index (χ1) is 14.1. The van der Waals surface area contributed by atoms with Gasteiger partial charge in [-0.25, -0.2) is 0 Å². The van der Waals surface area contributed by atoms with Crippen LogP contribution in [-0.4, -0.2) is 17.2 Å². The monoisotopic (exact) mass is 384 g/mol. The Kier molecular flexibility index (Phi) is 3.87. The van der Waals surface area contributed by atoms with Gasteiger partial charge in [-0.1, -0.05) is 42.5 Å². The number of nitrogens with zero attached hydrogens (tertiary/aromatic N) is 2. The number of hydrogen-bond donors (Lipinski definition) is 1. The summed E-state index contributed by atoms with van der Waals surface area (Å²) in [6.45, 7) is 0. The Morgan fingerprint density at radius 2 is 1.90 bits per heavy atom. The summed E-state index contributed by atoms with van der Waals surface area (Å²) in [7, 11) is 1.58. The lowest BCUT2D eigenvalue weighted by atomic mass is 9.71. The number of nitriles is 1. The Balaban J connectivity index is 1.77. The van der Waals surface area contributed by atoms with Crippen molar-refractivity contribution < 1.29 is 14.6 Å². The molecule has 29 heavy (non-hydrogen) atoms. The van der Waals surface area contributed by atoms with E-state index >= 15 is 0 Å². The van der Waals surface area contributed by atoms with Gasteiger partial charge >= 0.3 is 0 Å². The highest BCUT2D eigenvalue weighted by molar-refractivity contribution is 5.57. The van der Waals surface area contributed by atoms with Gasteiger partial charge in [0, 0.05) is 5.92 Å². The average molecular weight is 384 g/mol. The molecular weight excluding hydrogens is 364 g/mol. The van der Waals surface area contributed by atoms with Gasteiger partial charge in [0.2, 0.25) is 0 Å². The van der Waals surface area contributed by atoms with Crippen LogP contribution >= 0.6 is 0 Å². The van der Waals surface area contributed by atoms with E-state index in [0.29, 0.717) is 29.0 Å². The highest BCUT2D eigenvalue weighted by atomic mass is 16.5. The minimum atomic E-state index is -1.27. The lowest BCUT2D eigenvalue weighted by Crippen LogP contribution is -2.48. The van der Waals surface area contributed by atoms with Gasteiger partial charge < -0.3 is 14.6 Å². The predicted octanol–water partition coefficient (Wildman–Crippen LogP) is 4.01. The fraction of sp³-hybridized carbons (Fsp3) is 0.250. The van der Waals surface area contributed by atoms with Crippen LogP contribution in [0.5, 0.6) is 11.5 Å². The van der Waals surface area contributed by atoms with E-state index in [1.807, 2.05) is 30.3 Å². The average Bonchev–Trinajstić information content (AvgIpc) is 3.21. The summed E-state index contributed by atoms with van der Waals surface area (Å²) < 4.78 is 12.2. The van der Waals surface area contributed by atoms with Gasteiger partial charge in [-0.05, 0) is 36.1 Å². The lowest BCUT2D eigenvalue weighted by molar-refractivity contribution is -0.106. The summed E-state index contributed by atoms with van der Waals surface area (Å²) in [5.74, 6) is 0.991. The molecule has 1 aromatic heterocycles. The summed E-state index contributed by atoms with van der Waals surface area (Å²) in [6, 6.07) is 19.6. The van der Waals surface area contributed by atoms with Gasteiger partial charge in [0.05, 0.1) is 36.7 Å². The molecule has 0 amide bonds. The second-order valence-electron chi connectivity index (χ2n) is 7.60.